The maximum atomic E-state index is 10.1. The van der Waals surface area contributed by atoms with E-state index in [1.807, 2.05) is 52.0 Å². The van der Waals surface area contributed by atoms with Gasteiger partial charge in [-0.2, -0.15) is 0 Å². The molecule has 0 amide bonds. The first-order chi connectivity index (χ1) is 14.2. The molecule has 0 spiro atoms. The number of aliphatic hydroxyl groups excluding tert-OH is 2. The molecule has 2 N–H and O–H groups in total. The molecule has 0 saturated heterocycles. The predicted octanol–water partition coefficient (Wildman–Crippen LogP) is 7.77. The van der Waals surface area contributed by atoms with Crippen LogP contribution in [0.15, 0.2) is 42.2 Å². The molecule has 2 aromatic carbocycles. The third kappa shape index (κ3) is 6.48. The van der Waals surface area contributed by atoms with Crippen LogP contribution in [0.4, 0.5) is 0 Å². The van der Waals surface area contributed by atoms with E-state index in [4.69, 9.17) is 9.47 Å². The Morgan fingerprint density at radius 1 is 0.645 bits per heavy atom. The summed E-state index contributed by atoms with van der Waals surface area (Å²) in [4.78, 5) is 0. The normalized spacial score (nSPS) is 14.1. The molecule has 2 aromatic rings. The quantitative estimate of drug-likeness (QED) is 0.279. The Labute approximate surface area is 218 Å². The van der Waals surface area contributed by atoms with E-state index in [1.54, 1.807) is 0 Å². The van der Waals surface area contributed by atoms with Crippen molar-refractivity contribution in [3.05, 3.63) is 53.3 Å². The first-order valence-corrected chi connectivity index (χ1v) is 13.1. The molecule has 2 atom stereocenters. The summed E-state index contributed by atoms with van der Waals surface area (Å²) < 4.78 is 14.5. The summed E-state index contributed by atoms with van der Waals surface area (Å²) in [5.74, 6) is 1.07. The van der Waals surface area contributed by atoms with E-state index < -0.39 is 12.6 Å². The Kier molecular flexibility index (Phi) is 9.51. The maximum absolute atomic E-state index is 10.1. The highest BCUT2D eigenvalue weighted by atomic mass is 79.9. The van der Waals surface area contributed by atoms with Gasteiger partial charge >= 0.3 is 0 Å². The highest BCUT2D eigenvalue weighted by molar-refractivity contribution is 9.11. The SMILES string of the molecule is CC(C)C(O)Oc1c(Br)cc(C(C)(C)c2cc(Br)c(OC(O)C(C)C)c(Br)c2)cc1Br. The van der Waals surface area contributed by atoms with E-state index >= 15 is 0 Å². The van der Waals surface area contributed by atoms with E-state index in [2.05, 4.69) is 77.6 Å². The second-order valence-electron chi connectivity index (χ2n) is 8.67. The Hall–Kier alpha value is -0.120. The van der Waals surface area contributed by atoms with E-state index in [-0.39, 0.29) is 17.3 Å². The zero-order chi connectivity index (χ0) is 23.7. The molecule has 0 saturated carbocycles. The van der Waals surface area contributed by atoms with Crippen LogP contribution in [0.25, 0.3) is 0 Å². The second-order valence-corrected chi connectivity index (χ2v) is 12.1. The largest absolute Gasteiger partial charge is 0.463 e. The molecular formula is C23H28Br4O4. The summed E-state index contributed by atoms with van der Waals surface area (Å²) in [6.45, 7) is 11.8. The molecule has 0 bridgehead atoms. The molecule has 8 heteroatoms. The summed E-state index contributed by atoms with van der Waals surface area (Å²) in [5, 5.41) is 20.2. The van der Waals surface area contributed by atoms with Gasteiger partial charge in [-0.25, -0.2) is 0 Å². The molecule has 4 nitrogen and oxygen atoms in total. The van der Waals surface area contributed by atoms with Gasteiger partial charge in [0.2, 0.25) is 0 Å². The van der Waals surface area contributed by atoms with Gasteiger partial charge in [-0.05, 0) is 99.1 Å². The minimum atomic E-state index is -0.896. The van der Waals surface area contributed by atoms with Crippen LogP contribution in [0, 0.1) is 11.8 Å². The van der Waals surface area contributed by atoms with Gasteiger partial charge in [-0.15, -0.1) is 0 Å². The van der Waals surface area contributed by atoms with E-state index in [0.29, 0.717) is 11.5 Å². The average Bonchev–Trinajstić information content (AvgIpc) is 2.66. The molecule has 172 valence electrons. The lowest BCUT2D eigenvalue weighted by Gasteiger charge is -2.29. The average molecular weight is 688 g/mol. The van der Waals surface area contributed by atoms with Crippen LogP contribution in [0.1, 0.15) is 52.7 Å². The van der Waals surface area contributed by atoms with Crippen LogP contribution < -0.4 is 9.47 Å². The van der Waals surface area contributed by atoms with Gasteiger partial charge < -0.3 is 19.7 Å². The molecule has 2 rings (SSSR count). The molecule has 31 heavy (non-hydrogen) atoms. The van der Waals surface area contributed by atoms with Crippen LogP contribution in [0.5, 0.6) is 11.5 Å². The Balaban J connectivity index is 2.43. The van der Waals surface area contributed by atoms with Crippen LogP contribution in [0.3, 0.4) is 0 Å². The highest BCUT2D eigenvalue weighted by Crippen LogP contribution is 2.44. The van der Waals surface area contributed by atoms with E-state index in [1.165, 1.54) is 0 Å². The second kappa shape index (κ2) is 10.9. The van der Waals surface area contributed by atoms with E-state index in [0.717, 1.165) is 29.0 Å². The summed E-state index contributed by atoms with van der Waals surface area (Å²) in [6.07, 6.45) is -1.79. The van der Waals surface area contributed by atoms with Crippen molar-refractivity contribution in [2.45, 2.75) is 59.5 Å². The van der Waals surface area contributed by atoms with Gasteiger partial charge in [0.05, 0.1) is 17.9 Å². The number of hydrogen-bond donors (Lipinski definition) is 2. The molecule has 0 aliphatic heterocycles. The molecule has 0 aromatic heterocycles. The van der Waals surface area contributed by atoms with Crippen molar-refractivity contribution in [2.24, 2.45) is 11.8 Å². The fourth-order valence-electron chi connectivity index (χ4n) is 2.75. The smallest absolute Gasteiger partial charge is 0.199 e. The van der Waals surface area contributed by atoms with Crippen LogP contribution in [0.2, 0.25) is 0 Å². The lowest BCUT2D eigenvalue weighted by Crippen LogP contribution is -2.24. The Morgan fingerprint density at radius 2 is 0.903 bits per heavy atom. The fourth-order valence-corrected chi connectivity index (χ4v) is 5.49. The van der Waals surface area contributed by atoms with Gasteiger partial charge in [-0.1, -0.05) is 41.5 Å². The number of rotatable bonds is 8. The lowest BCUT2D eigenvalue weighted by atomic mass is 9.78. The van der Waals surface area contributed by atoms with Gasteiger partial charge in [0.1, 0.15) is 0 Å². The monoisotopic (exact) mass is 684 g/mol. The van der Waals surface area contributed by atoms with Crippen LogP contribution in [-0.4, -0.2) is 22.8 Å². The van der Waals surface area contributed by atoms with Crippen molar-refractivity contribution in [3.8, 4) is 11.5 Å². The molecule has 0 aliphatic rings. The molecular weight excluding hydrogens is 660 g/mol. The minimum Gasteiger partial charge on any atom is -0.463 e. The minimum absolute atomic E-state index is 0.0282. The summed E-state index contributed by atoms with van der Waals surface area (Å²) in [5.41, 5.74) is 1.74. The van der Waals surface area contributed by atoms with Crippen molar-refractivity contribution in [2.75, 3.05) is 0 Å². The molecule has 0 radical (unpaired) electrons. The predicted molar refractivity (Wildman–Crippen MR) is 139 cm³/mol. The number of benzene rings is 2. The molecule has 2 unspecified atom stereocenters. The van der Waals surface area contributed by atoms with Gasteiger partial charge in [0.15, 0.2) is 24.1 Å². The first-order valence-electron chi connectivity index (χ1n) is 9.94. The standard InChI is InChI=1S/C23H28Br4O4/c1-11(2)21(28)30-19-15(24)7-13(8-16(19)25)23(5,6)14-9-17(26)20(18(27)10-14)31-22(29)12(3)4/h7-12,21-22,28-29H,1-6H3. The van der Waals surface area contributed by atoms with Crippen molar-refractivity contribution >= 4 is 63.7 Å². The highest BCUT2D eigenvalue weighted by Gasteiger charge is 2.28. The summed E-state index contributed by atoms with van der Waals surface area (Å²) in [7, 11) is 0. The zero-order valence-corrected chi connectivity index (χ0v) is 24.7. The van der Waals surface area contributed by atoms with Crippen molar-refractivity contribution in [3.63, 3.8) is 0 Å². The topological polar surface area (TPSA) is 58.9 Å². The van der Waals surface area contributed by atoms with E-state index in [9.17, 15) is 10.2 Å². The zero-order valence-electron chi connectivity index (χ0n) is 18.3. The van der Waals surface area contributed by atoms with Crippen molar-refractivity contribution < 1.29 is 19.7 Å². The van der Waals surface area contributed by atoms with Gasteiger partial charge in [0.25, 0.3) is 0 Å². The Morgan fingerprint density at radius 3 is 1.13 bits per heavy atom. The Bertz CT molecular complexity index is 808. The number of hydrogen-bond acceptors (Lipinski definition) is 4. The van der Waals surface area contributed by atoms with Gasteiger partial charge in [-0.3, -0.25) is 0 Å². The molecule has 0 aliphatic carbocycles. The fraction of sp³-hybridized carbons (Fsp3) is 0.478. The first kappa shape index (κ1) is 27.1. The van der Waals surface area contributed by atoms with Crippen LogP contribution in [-0.2, 0) is 5.41 Å². The third-order valence-corrected chi connectivity index (χ3v) is 7.41. The number of aliphatic hydroxyl groups is 2. The molecule has 0 heterocycles. The van der Waals surface area contributed by atoms with Crippen molar-refractivity contribution in [1.82, 2.24) is 0 Å². The maximum Gasteiger partial charge on any atom is 0.199 e. The molecule has 0 fully saturated rings. The lowest BCUT2D eigenvalue weighted by molar-refractivity contribution is -0.0527. The van der Waals surface area contributed by atoms with Crippen LogP contribution >= 0.6 is 63.7 Å². The summed E-state index contributed by atoms with van der Waals surface area (Å²) in [6, 6.07) is 8.01. The number of halogens is 4. The third-order valence-electron chi connectivity index (χ3n) is 5.06. The van der Waals surface area contributed by atoms with Crippen molar-refractivity contribution in [1.29, 1.82) is 0 Å². The summed E-state index contributed by atoms with van der Waals surface area (Å²) >= 11 is 14.4. The number of ether oxygens (including phenoxy) is 2. The van der Waals surface area contributed by atoms with Gasteiger partial charge in [0, 0.05) is 17.3 Å².